The summed E-state index contributed by atoms with van der Waals surface area (Å²) in [4.78, 5) is 10.4. The van der Waals surface area contributed by atoms with Crippen molar-refractivity contribution in [3.63, 3.8) is 0 Å². The molecular formula is C10H10F3NO2. The number of halogens is 3. The van der Waals surface area contributed by atoms with Crippen LogP contribution in [0.25, 0.3) is 0 Å². The van der Waals surface area contributed by atoms with Gasteiger partial charge < -0.3 is 10.8 Å². The predicted octanol–water partition coefficient (Wildman–Crippen LogP) is 2.24. The van der Waals surface area contributed by atoms with Gasteiger partial charge in [-0.3, -0.25) is 4.79 Å². The average Bonchev–Trinajstić information content (AvgIpc) is 2.16. The van der Waals surface area contributed by atoms with Crippen LogP contribution in [-0.4, -0.2) is 11.1 Å². The van der Waals surface area contributed by atoms with E-state index >= 15 is 0 Å². The van der Waals surface area contributed by atoms with Crippen LogP contribution in [0.3, 0.4) is 0 Å². The summed E-state index contributed by atoms with van der Waals surface area (Å²) >= 11 is 0. The van der Waals surface area contributed by atoms with Crippen LogP contribution < -0.4 is 5.73 Å². The van der Waals surface area contributed by atoms with Gasteiger partial charge in [0.05, 0.1) is 6.42 Å². The van der Waals surface area contributed by atoms with Crippen molar-refractivity contribution in [1.29, 1.82) is 0 Å². The molecule has 0 saturated heterocycles. The van der Waals surface area contributed by atoms with Gasteiger partial charge >= 0.3 is 5.97 Å². The van der Waals surface area contributed by atoms with E-state index in [-0.39, 0.29) is 11.1 Å². The maximum absolute atomic E-state index is 13.2. The summed E-state index contributed by atoms with van der Waals surface area (Å²) in [5.41, 5.74) is 4.81. The van der Waals surface area contributed by atoms with Crippen molar-refractivity contribution in [2.45, 2.75) is 18.9 Å². The Balaban J connectivity index is 3.01. The first-order valence-corrected chi connectivity index (χ1v) is 4.46. The second-order valence-corrected chi connectivity index (χ2v) is 3.29. The molecule has 3 nitrogen and oxygen atoms in total. The number of hydrogen-bond donors (Lipinski definition) is 2. The molecule has 0 saturated carbocycles. The van der Waals surface area contributed by atoms with E-state index in [9.17, 15) is 18.0 Å². The zero-order valence-electron chi connectivity index (χ0n) is 8.16. The lowest BCUT2D eigenvalue weighted by Crippen LogP contribution is -2.16. The Labute approximate surface area is 89.7 Å². The highest BCUT2D eigenvalue weighted by Crippen LogP contribution is 2.25. The minimum absolute atomic E-state index is 0.208. The molecule has 0 fully saturated rings. The number of carboxylic acids is 1. The van der Waals surface area contributed by atoms with Crippen molar-refractivity contribution >= 4 is 5.97 Å². The molecule has 1 unspecified atom stereocenters. The molecule has 1 aromatic rings. The van der Waals surface area contributed by atoms with Crippen molar-refractivity contribution in [1.82, 2.24) is 0 Å². The summed E-state index contributed by atoms with van der Waals surface area (Å²) in [6, 6.07) is 1.57. The molecule has 6 heteroatoms. The molecule has 16 heavy (non-hydrogen) atoms. The van der Waals surface area contributed by atoms with Crippen LogP contribution in [0, 0.1) is 5.82 Å². The Bertz CT molecular complexity index is 396. The molecule has 0 aliphatic carbocycles. The highest BCUT2D eigenvalue weighted by atomic mass is 19.3. The number of carboxylic acid groups (broad SMARTS) is 1. The summed E-state index contributed by atoms with van der Waals surface area (Å²) in [5, 5.41) is 8.46. The molecule has 0 heterocycles. The molecule has 0 bridgehead atoms. The van der Waals surface area contributed by atoms with Crippen LogP contribution in [0.5, 0.6) is 0 Å². The first-order chi connectivity index (χ1) is 7.41. The molecule has 3 N–H and O–H groups in total. The lowest BCUT2D eigenvalue weighted by Gasteiger charge is -2.12. The molecular weight excluding hydrogens is 223 g/mol. The molecule has 0 aliphatic rings. The molecule has 1 aromatic carbocycles. The number of carbonyl (C=O) groups is 1. The largest absolute Gasteiger partial charge is 0.481 e. The predicted molar refractivity (Wildman–Crippen MR) is 50.5 cm³/mol. The Morgan fingerprint density at radius 1 is 1.44 bits per heavy atom. The van der Waals surface area contributed by atoms with Gasteiger partial charge in [-0.2, -0.15) is 0 Å². The minimum Gasteiger partial charge on any atom is -0.481 e. The molecule has 0 spiro atoms. The number of nitrogens with two attached hydrogens (primary N) is 1. The van der Waals surface area contributed by atoms with Crippen LogP contribution in [0.4, 0.5) is 13.2 Å². The maximum atomic E-state index is 13.2. The van der Waals surface area contributed by atoms with Gasteiger partial charge in [0.1, 0.15) is 5.82 Å². The highest BCUT2D eigenvalue weighted by molar-refractivity contribution is 5.67. The van der Waals surface area contributed by atoms with Gasteiger partial charge in [-0.05, 0) is 12.1 Å². The normalized spacial score (nSPS) is 12.8. The van der Waals surface area contributed by atoms with Gasteiger partial charge in [0.25, 0.3) is 6.43 Å². The van der Waals surface area contributed by atoms with Gasteiger partial charge in [-0.25, -0.2) is 13.2 Å². The van der Waals surface area contributed by atoms with Crippen molar-refractivity contribution in [3.8, 4) is 0 Å². The summed E-state index contributed by atoms with van der Waals surface area (Å²) in [7, 11) is 0. The van der Waals surface area contributed by atoms with E-state index in [1.54, 1.807) is 0 Å². The molecule has 88 valence electrons. The van der Waals surface area contributed by atoms with E-state index < -0.39 is 30.7 Å². The van der Waals surface area contributed by atoms with Gasteiger partial charge in [0.15, 0.2) is 0 Å². The number of benzene rings is 1. The van der Waals surface area contributed by atoms with E-state index in [4.69, 9.17) is 10.8 Å². The summed E-state index contributed by atoms with van der Waals surface area (Å²) < 4.78 is 37.9. The van der Waals surface area contributed by atoms with Crippen molar-refractivity contribution in [2.24, 2.45) is 5.73 Å². The number of alkyl halides is 2. The Morgan fingerprint density at radius 3 is 2.56 bits per heavy atom. The second-order valence-electron chi connectivity index (χ2n) is 3.29. The zero-order valence-corrected chi connectivity index (χ0v) is 8.16. The van der Waals surface area contributed by atoms with Crippen LogP contribution in [-0.2, 0) is 4.79 Å². The quantitative estimate of drug-likeness (QED) is 0.838. The van der Waals surface area contributed by atoms with Gasteiger partial charge in [-0.1, -0.05) is 6.07 Å². The van der Waals surface area contributed by atoms with Crippen LogP contribution >= 0.6 is 0 Å². The fourth-order valence-corrected chi connectivity index (χ4v) is 1.28. The third kappa shape index (κ3) is 2.96. The van der Waals surface area contributed by atoms with E-state index in [1.807, 2.05) is 0 Å². The van der Waals surface area contributed by atoms with E-state index in [0.29, 0.717) is 0 Å². The van der Waals surface area contributed by atoms with E-state index in [2.05, 4.69) is 0 Å². The van der Waals surface area contributed by atoms with Crippen molar-refractivity contribution in [2.75, 3.05) is 0 Å². The summed E-state index contributed by atoms with van der Waals surface area (Å²) in [6.45, 7) is 0. The highest BCUT2D eigenvalue weighted by Gasteiger charge is 2.17. The standard InChI is InChI=1S/C10H10F3NO2/c11-7-2-1-5(10(12)13)3-6(7)8(14)4-9(15)16/h1-3,8,10H,4,14H2,(H,15,16). The first kappa shape index (κ1) is 12.5. The van der Waals surface area contributed by atoms with Crippen LogP contribution in [0.2, 0.25) is 0 Å². The third-order valence-electron chi connectivity index (χ3n) is 2.07. The van der Waals surface area contributed by atoms with Crippen LogP contribution in [0.15, 0.2) is 18.2 Å². The smallest absolute Gasteiger partial charge is 0.305 e. The van der Waals surface area contributed by atoms with Crippen LogP contribution in [0.1, 0.15) is 30.0 Å². The second kappa shape index (κ2) is 4.98. The van der Waals surface area contributed by atoms with Crippen molar-refractivity contribution < 1.29 is 23.1 Å². The van der Waals surface area contributed by atoms with Gasteiger partial charge in [0.2, 0.25) is 0 Å². The summed E-state index contributed by atoms with van der Waals surface area (Å²) in [6.07, 6.45) is -3.25. The number of rotatable bonds is 4. The SMILES string of the molecule is NC(CC(=O)O)c1cc(C(F)F)ccc1F. The fourth-order valence-electron chi connectivity index (χ4n) is 1.28. The average molecular weight is 233 g/mol. The lowest BCUT2D eigenvalue weighted by atomic mass is 10.0. The lowest BCUT2D eigenvalue weighted by molar-refractivity contribution is -0.137. The molecule has 0 aromatic heterocycles. The molecule has 0 aliphatic heterocycles. The topological polar surface area (TPSA) is 63.3 Å². The number of aliphatic carboxylic acids is 1. The maximum Gasteiger partial charge on any atom is 0.305 e. The van der Waals surface area contributed by atoms with Crippen molar-refractivity contribution in [3.05, 3.63) is 35.1 Å². The Hall–Kier alpha value is -1.56. The number of hydrogen-bond acceptors (Lipinski definition) is 2. The monoisotopic (exact) mass is 233 g/mol. The molecule has 1 rings (SSSR count). The van der Waals surface area contributed by atoms with Gasteiger partial charge in [-0.15, -0.1) is 0 Å². The van der Waals surface area contributed by atoms with E-state index in [1.165, 1.54) is 0 Å². The minimum atomic E-state index is -2.74. The zero-order chi connectivity index (χ0) is 12.3. The fraction of sp³-hybridized carbons (Fsp3) is 0.300. The summed E-state index contributed by atoms with van der Waals surface area (Å²) in [5.74, 6) is -1.99. The van der Waals surface area contributed by atoms with E-state index in [0.717, 1.165) is 18.2 Å². The molecule has 1 atom stereocenters. The molecule has 0 radical (unpaired) electrons. The van der Waals surface area contributed by atoms with Gasteiger partial charge in [0, 0.05) is 17.2 Å². The molecule has 0 amide bonds. The third-order valence-corrected chi connectivity index (χ3v) is 2.07. The Kier molecular flexibility index (Phi) is 3.89. The Morgan fingerprint density at radius 2 is 2.06 bits per heavy atom. The first-order valence-electron chi connectivity index (χ1n) is 4.46.